The molecule has 4 heteroatoms. The van der Waals surface area contributed by atoms with E-state index in [-0.39, 0.29) is 10.8 Å². The molecular formula is C64H50N4. The van der Waals surface area contributed by atoms with E-state index in [1.54, 1.807) is 0 Å². The normalized spacial score (nSPS) is 15.3. The minimum Gasteiger partial charge on any atom is -0.309 e. The summed E-state index contributed by atoms with van der Waals surface area (Å²) in [6.45, 7) is 9.67. The molecule has 0 amide bonds. The summed E-state index contributed by atoms with van der Waals surface area (Å²) in [7, 11) is 0. The van der Waals surface area contributed by atoms with Crippen LogP contribution in [0.3, 0.4) is 0 Å². The van der Waals surface area contributed by atoms with Gasteiger partial charge in [0, 0.05) is 33.2 Å². The Bertz CT molecular complexity index is 3760. The molecule has 0 fully saturated rings. The lowest BCUT2D eigenvalue weighted by atomic mass is 9.63. The molecule has 2 aliphatic rings. The van der Waals surface area contributed by atoms with Crippen LogP contribution in [0.5, 0.6) is 0 Å². The zero-order valence-corrected chi connectivity index (χ0v) is 38.8. The Hall–Kier alpha value is -7.95. The zero-order chi connectivity index (χ0) is 45.8. The molecule has 4 nitrogen and oxygen atoms in total. The highest BCUT2D eigenvalue weighted by Gasteiger charge is 2.46. The fourth-order valence-corrected chi connectivity index (χ4v) is 11.8. The van der Waals surface area contributed by atoms with Gasteiger partial charge in [0.15, 0.2) is 17.5 Å². The highest BCUT2D eigenvalue weighted by molar-refractivity contribution is 6.14. The van der Waals surface area contributed by atoms with E-state index in [1.165, 1.54) is 77.9 Å². The first-order valence-corrected chi connectivity index (χ1v) is 24.0. The van der Waals surface area contributed by atoms with Crippen molar-refractivity contribution in [1.29, 1.82) is 0 Å². The number of aromatic nitrogens is 4. The summed E-state index contributed by atoms with van der Waals surface area (Å²) in [5.74, 6) is 1.89. The van der Waals surface area contributed by atoms with Gasteiger partial charge in [-0.15, -0.1) is 0 Å². The topological polar surface area (TPSA) is 43.6 Å². The van der Waals surface area contributed by atoms with Crippen LogP contribution in [-0.4, -0.2) is 19.5 Å². The van der Waals surface area contributed by atoms with Gasteiger partial charge in [0.1, 0.15) is 0 Å². The SMILES string of the molecule is CC1(C)CCC(C)(C)c2cc3c(cc21)c1cc2ccccc2cc1n3-c1cccc(-c2nc(-c3ccccc3)nc(-c3cccc(C4(c5ccccc5)c5ccccc5-c5ccccc54)c3)n2)c1. The monoisotopic (exact) mass is 874 g/mol. The highest BCUT2D eigenvalue weighted by atomic mass is 15.0. The molecule has 2 aromatic heterocycles. The highest BCUT2D eigenvalue weighted by Crippen LogP contribution is 2.56. The second-order valence-corrected chi connectivity index (χ2v) is 20.2. The summed E-state index contributed by atoms with van der Waals surface area (Å²) in [6.07, 6.45) is 2.32. The third-order valence-corrected chi connectivity index (χ3v) is 15.3. The Morgan fingerprint density at radius 2 is 0.838 bits per heavy atom. The van der Waals surface area contributed by atoms with Crippen LogP contribution in [0.4, 0.5) is 0 Å². The Balaban J connectivity index is 1.02. The van der Waals surface area contributed by atoms with Crippen LogP contribution in [0.25, 0.3) is 83.6 Å². The predicted molar refractivity (Wildman–Crippen MR) is 281 cm³/mol. The lowest BCUT2D eigenvalue weighted by Gasteiger charge is -2.42. The van der Waals surface area contributed by atoms with Gasteiger partial charge in [-0.3, -0.25) is 0 Å². The fourth-order valence-electron chi connectivity index (χ4n) is 11.8. The Labute approximate surface area is 397 Å². The van der Waals surface area contributed by atoms with Crippen LogP contribution in [-0.2, 0) is 16.2 Å². The van der Waals surface area contributed by atoms with Crippen molar-refractivity contribution in [3.63, 3.8) is 0 Å². The van der Waals surface area contributed by atoms with Gasteiger partial charge >= 0.3 is 0 Å². The standard InChI is InChI=1S/C64H50N4/c1-62(2)33-34-63(3,4)56-40-58-52(39-55(56)62)51-37-42-21-11-12-22-43(42)38-57(51)68(58)48-28-18-24-45(36-48)61-66-59(41-19-7-5-8-20-41)65-60(67-61)44-23-17-27-47(35-44)64(46-25-9-6-10-26-46)53-31-15-13-29-49(53)50-30-14-16-32-54(50)64/h5-32,35-40H,33-34H2,1-4H3. The zero-order valence-electron chi connectivity index (χ0n) is 38.8. The van der Waals surface area contributed by atoms with Crippen molar-refractivity contribution < 1.29 is 0 Å². The molecule has 11 aromatic rings. The molecule has 326 valence electrons. The van der Waals surface area contributed by atoms with Crippen molar-refractivity contribution >= 4 is 32.6 Å². The van der Waals surface area contributed by atoms with Gasteiger partial charge in [0.25, 0.3) is 0 Å². The average Bonchev–Trinajstić information content (AvgIpc) is 3.87. The Kier molecular flexibility index (Phi) is 8.92. The third-order valence-electron chi connectivity index (χ3n) is 15.3. The van der Waals surface area contributed by atoms with Crippen LogP contribution in [0.1, 0.15) is 73.9 Å². The first kappa shape index (κ1) is 40.3. The molecule has 0 unspecified atom stereocenters. The molecular weight excluding hydrogens is 825 g/mol. The largest absolute Gasteiger partial charge is 0.309 e. The molecule has 0 bridgehead atoms. The van der Waals surface area contributed by atoms with Crippen molar-refractivity contribution in [2.45, 2.75) is 56.8 Å². The molecule has 13 rings (SSSR count). The Morgan fingerprint density at radius 3 is 1.50 bits per heavy atom. The molecule has 0 aliphatic heterocycles. The molecule has 0 saturated heterocycles. The molecule has 0 saturated carbocycles. The summed E-state index contributed by atoms with van der Waals surface area (Å²) in [6, 6.07) is 75.2. The maximum absolute atomic E-state index is 5.40. The molecule has 68 heavy (non-hydrogen) atoms. The molecule has 9 aromatic carbocycles. The summed E-state index contributed by atoms with van der Waals surface area (Å²) in [5.41, 5.74) is 16.2. The summed E-state index contributed by atoms with van der Waals surface area (Å²) < 4.78 is 2.47. The van der Waals surface area contributed by atoms with Crippen molar-refractivity contribution in [3.8, 4) is 51.0 Å². The maximum Gasteiger partial charge on any atom is 0.164 e. The molecule has 0 spiro atoms. The van der Waals surface area contributed by atoms with E-state index in [9.17, 15) is 0 Å². The van der Waals surface area contributed by atoms with Gasteiger partial charge in [-0.05, 0) is 121 Å². The van der Waals surface area contributed by atoms with Crippen molar-refractivity contribution in [3.05, 3.63) is 240 Å². The minimum atomic E-state index is -0.547. The van der Waals surface area contributed by atoms with Gasteiger partial charge in [0.05, 0.1) is 16.4 Å². The van der Waals surface area contributed by atoms with Crippen molar-refractivity contribution in [2.75, 3.05) is 0 Å². The van der Waals surface area contributed by atoms with Crippen LogP contribution in [0.2, 0.25) is 0 Å². The minimum absolute atomic E-state index is 0.0601. The van der Waals surface area contributed by atoms with Gasteiger partial charge < -0.3 is 4.57 Å². The Morgan fingerprint density at radius 1 is 0.368 bits per heavy atom. The maximum atomic E-state index is 5.40. The van der Waals surface area contributed by atoms with Crippen LogP contribution in [0, 0.1) is 0 Å². The van der Waals surface area contributed by atoms with E-state index in [1.807, 2.05) is 18.2 Å². The number of rotatable bonds is 6. The second-order valence-electron chi connectivity index (χ2n) is 20.2. The van der Waals surface area contributed by atoms with E-state index >= 15 is 0 Å². The predicted octanol–water partition coefficient (Wildman–Crippen LogP) is 15.8. The molecule has 0 radical (unpaired) electrons. The van der Waals surface area contributed by atoms with Crippen molar-refractivity contribution in [1.82, 2.24) is 19.5 Å². The average molecular weight is 875 g/mol. The quantitative estimate of drug-likeness (QED) is 0.167. The molecule has 0 atom stereocenters. The van der Waals surface area contributed by atoms with Crippen molar-refractivity contribution in [2.24, 2.45) is 0 Å². The van der Waals surface area contributed by atoms with E-state index in [2.05, 4.69) is 220 Å². The number of nitrogens with zero attached hydrogens (tertiary/aromatic N) is 4. The van der Waals surface area contributed by atoms with Gasteiger partial charge in [0.2, 0.25) is 0 Å². The second kappa shape index (κ2) is 15.0. The number of benzene rings is 9. The number of hydrogen-bond donors (Lipinski definition) is 0. The lowest BCUT2D eigenvalue weighted by Crippen LogP contribution is -2.33. The first-order chi connectivity index (χ1) is 33.2. The number of hydrogen-bond acceptors (Lipinski definition) is 3. The molecule has 2 heterocycles. The number of fused-ring (bicyclic) bond motifs is 8. The van der Waals surface area contributed by atoms with Gasteiger partial charge in [-0.25, -0.2) is 15.0 Å². The van der Waals surface area contributed by atoms with Crippen LogP contribution in [0.15, 0.2) is 206 Å². The van der Waals surface area contributed by atoms with Crippen LogP contribution >= 0.6 is 0 Å². The van der Waals surface area contributed by atoms with E-state index in [0.717, 1.165) is 34.4 Å². The first-order valence-electron chi connectivity index (χ1n) is 24.0. The smallest absolute Gasteiger partial charge is 0.164 e. The third kappa shape index (κ3) is 6.10. The lowest BCUT2D eigenvalue weighted by molar-refractivity contribution is 0.332. The molecule has 0 N–H and O–H groups in total. The molecule has 2 aliphatic carbocycles. The summed E-state index contributed by atoms with van der Waals surface area (Å²) >= 11 is 0. The van der Waals surface area contributed by atoms with Crippen LogP contribution < -0.4 is 0 Å². The van der Waals surface area contributed by atoms with E-state index in [4.69, 9.17) is 15.0 Å². The van der Waals surface area contributed by atoms with Gasteiger partial charge in [-0.1, -0.05) is 191 Å². The van der Waals surface area contributed by atoms with E-state index < -0.39 is 5.41 Å². The van der Waals surface area contributed by atoms with E-state index in [0.29, 0.717) is 17.5 Å². The fraction of sp³-hybridized carbons (Fsp3) is 0.141. The van der Waals surface area contributed by atoms with Gasteiger partial charge in [-0.2, -0.15) is 0 Å². The summed E-state index contributed by atoms with van der Waals surface area (Å²) in [4.78, 5) is 15.9. The summed E-state index contributed by atoms with van der Waals surface area (Å²) in [5, 5.41) is 5.02.